The number of para-hydroxylation sites is 1. The third-order valence-corrected chi connectivity index (χ3v) is 3.76. The maximum atomic E-state index is 12.1. The molecular weight excluding hydrogens is 234 g/mol. The highest BCUT2D eigenvalue weighted by atomic mass is 16.1. The van der Waals surface area contributed by atoms with Crippen molar-refractivity contribution in [3.8, 4) is 0 Å². The van der Waals surface area contributed by atoms with Gasteiger partial charge in [-0.25, -0.2) is 0 Å². The average Bonchev–Trinajstić information content (AvgIpc) is 2.46. The zero-order valence-corrected chi connectivity index (χ0v) is 11.0. The van der Waals surface area contributed by atoms with Crippen molar-refractivity contribution in [2.45, 2.75) is 19.4 Å². The number of ketones is 1. The number of fused-ring (bicyclic) bond motifs is 1. The van der Waals surface area contributed by atoms with Gasteiger partial charge in [-0.2, -0.15) is 0 Å². The molecule has 1 aliphatic heterocycles. The third-order valence-electron chi connectivity index (χ3n) is 3.76. The van der Waals surface area contributed by atoms with Gasteiger partial charge in [0.25, 0.3) is 0 Å². The van der Waals surface area contributed by atoms with Gasteiger partial charge in [-0.15, -0.1) is 0 Å². The average molecular weight is 251 g/mol. The van der Waals surface area contributed by atoms with Crippen LogP contribution in [0.4, 0.5) is 5.69 Å². The first-order valence-corrected chi connectivity index (χ1v) is 6.67. The SMILES string of the molecule is CC(=O)[C@@H]1c2ccccc2CCN1c1ccccc1. The van der Waals surface area contributed by atoms with Crippen molar-refractivity contribution in [1.82, 2.24) is 0 Å². The Morgan fingerprint density at radius 3 is 2.47 bits per heavy atom. The Morgan fingerprint density at radius 2 is 1.74 bits per heavy atom. The number of anilines is 1. The fourth-order valence-corrected chi connectivity index (χ4v) is 2.90. The molecule has 1 atom stereocenters. The molecule has 0 saturated heterocycles. The van der Waals surface area contributed by atoms with Crippen LogP contribution in [0.3, 0.4) is 0 Å². The van der Waals surface area contributed by atoms with Crippen molar-refractivity contribution in [3.05, 3.63) is 65.7 Å². The molecule has 0 radical (unpaired) electrons. The van der Waals surface area contributed by atoms with E-state index in [0.717, 1.165) is 24.2 Å². The molecule has 0 bridgehead atoms. The van der Waals surface area contributed by atoms with Crippen LogP contribution in [0.1, 0.15) is 24.1 Å². The number of hydrogen-bond acceptors (Lipinski definition) is 2. The van der Waals surface area contributed by atoms with E-state index in [9.17, 15) is 4.79 Å². The largest absolute Gasteiger partial charge is 0.357 e. The second kappa shape index (κ2) is 4.88. The number of benzene rings is 2. The van der Waals surface area contributed by atoms with Crippen LogP contribution in [0.25, 0.3) is 0 Å². The van der Waals surface area contributed by atoms with E-state index < -0.39 is 0 Å². The van der Waals surface area contributed by atoms with Gasteiger partial charge in [0.1, 0.15) is 6.04 Å². The normalized spacial score (nSPS) is 17.9. The number of hydrogen-bond donors (Lipinski definition) is 0. The van der Waals surface area contributed by atoms with Gasteiger partial charge in [-0.3, -0.25) is 4.79 Å². The Morgan fingerprint density at radius 1 is 1.05 bits per heavy atom. The van der Waals surface area contributed by atoms with Gasteiger partial charge in [-0.1, -0.05) is 42.5 Å². The molecule has 2 nitrogen and oxygen atoms in total. The highest BCUT2D eigenvalue weighted by molar-refractivity contribution is 5.87. The molecule has 19 heavy (non-hydrogen) atoms. The molecule has 96 valence electrons. The number of carbonyl (C=O) groups is 1. The number of nitrogens with zero attached hydrogens (tertiary/aromatic N) is 1. The van der Waals surface area contributed by atoms with E-state index in [-0.39, 0.29) is 11.8 Å². The lowest BCUT2D eigenvalue weighted by atomic mass is 9.90. The first-order chi connectivity index (χ1) is 9.27. The lowest BCUT2D eigenvalue weighted by molar-refractivity contribution is -0.118. The fraction of sp³-hybridized carbons (Fsp3) is 0.235. The summed E-state index contributed by atoms with van der Waals surface area (Å²) in [5.74, 6) is 0.205. The molecule has 2 aromatic carbocycles. The van der Waals surface area contributed by atoms with Crippen LogP contribution in [0.2, 0.25) is 0 Å². The van der Waals surface area contributed by atoms with Crippen LogP contribution >= 0.6 is 0 Å². The summed E-state index contributed by atoms with van der Waals surface area (Å²) in [4.78, 5) is 14.3. The summed E-state index contributed by atoms with van der Waals surface area (Å²) in [6.07, 6.45) is 0.995. The third kappa shape index (κ3) is 2.14. The molecule has 0 aromatic heterocycles. The Kier molecular flexibility index (Phi) is 3.08. The van der Waals surface area contributed by atoms with E-state index in [1.165, 1.54) is 5.56 Å². The van der Waals surface area contributed by atoms with Gasteiger partial charge in [0.2, 0.25) is 0 Å². The summed E-state index contributed by atoms with van der Waals surface area (Å²) in [5, 5.41) is 0. The van der Waals surface area contributed by atoms with E-state index >= 15 is 0 Å². The Bertz CT molecular complexity index is 591. The van der Waals surface area contributed by atoms with E-state index in [4.69, 9.17) is 0 Å². The van der Waals surface area contributed by atoms with Crippen molar-refractivity contribution < 1.29 is 4.79 Å². The van der Waals surface area contributed by atoms with Gasteiger partial charge >= 0.3 is 0 Å². The summed E-state index contributed by atoms with van der Waals surface area (Å²) in [7, 11) is 0. The predicted molar refractivity (Wildman–Crippen MR) is 77.4 cm³/mol. The van der Waals surface area contributed by atoms with Gasteiger partial charge in [-0.05, 0) is 36.6 Å². The quantitative estimate of drug-likeness (QED) is 0.815. The van der Waals surface area contributed by atoms with Crippen molar-refractivity contribution >= 4 is 11.5 Å². The minimum absolute atomic E-state index is 0.146. The molecule has 0 spiro atoms. The van der Waals surface area contributed by atoms with Crippen molar-refractivity contribution in [2.24, 2.45) is 0 Å². The van der Waals surface area contributed by atoms with E-state index in [1.807, 2.05) is 30.3 Å². The van der Waals surface area contributed by atoms with Crippen molar-refractivity contribution in [3.63, 3.8) is 0 Å². The highest BCUT2D eigenvalue weighted by Crippen LogP contribution is 2.34. The van der Waals surface area contributed by atoms with Gasteiger partial charge in [0, 0.05) is 12.2 Å². The van der Waals surface area contributed by atoms with Crippen LogP contribution in [0.15, 0.2) is 54.6 Å². The standard InChI is InChI=1S/C17H17NO/c1-13(19)17-16-10-6-5-7-14(16)11-12-18(17)15-8-3-2-4-9-15/h2-10,17H,11-12H2,1H3/t17-/m1/s1. The molecule has 1 heterocycles. The Labute approximate surface area is 113 Å². The maximum Gasteiger partial charge on any atom is 0.156 e. The molecule has 2 aromatic rings. The molecule has 0 saturated carbocycles. The number of rotatable bonds is 2. The zero-order chi connectivity index (χ0) is 13.2. The fourth-order valence-electron chi connectivity index (χ4n) is 2.90. The molecular formula is C17H17NO. The molecule has 1 aliphatic rings. The van der Waals surface area contributed by atoms with Crippen LogP contribution in [0, 0.1) is 0 Å². The second-order valence-corrected chi connectivity index (χ2v) is 4.99. The van der Waals surface area contributed by atoms with E-state index in [1.54, 1.807) is 6.92 Å². The predicted octanol–water partition coefficient (Wildman–Crippen LogP) is 3.38. The topological polar surface area (TPSA) is 20.3 Å². The number of carbonyl (C=O) groups excluding carboxylic acids is 1. The minimum atomic E-state index is -0.146. The van der Waals surface area contributed by atoms with Crippen LogP contribution in [-0.2, 0) is 11.2 Å². The Hall–Kier alpha value is -2.09. The Balaban J connectivity index is 2.06. The molecule has 2 heteroatoms. The molecule has 0 amide bonds. The van der Waals surface area contributed by atoms with Gasteiger partial charge in [0.15, 0.2) is 5.78 Å². The summed E-state index contributed by atoms with van der Waals surface area (Å²) >= 11 is 0. The summed E-state index contributed by atoms with van der Waals surface area (Å²) in [5.41, 5.74) is 3.58. The summed E-state index contributed by atoms with van der Waals surface area (Å²) in [6.45, 7) is 2.58. The van der Waals surface area contributed by atoms with Crippen molar-refractivity contribution in [2.75, 3.05) is 11.4 Å². The van der Waals surface area contributed by atoms with Gasteiger partial charge in [0.05, 0.1) is 0 Å². The van der Waals surface area contributed by atoms with Crippen LogP contribution < -0.4 is 4.90 Å². The first-order valence-electron chi connectivity index (χ1n) is 6.67. The number of Topliss-reactive ketones (excluding diaryl/α,β-unsaturated/α-hetero) is 1. The van der Waals surface area contributed by atoms with Crippen molar-refractivity contribution in [1.29, 1.82) is 0 Å². The smallest absolute Gasteiger partial charge is 0.156 e. The molecule has 3 rings (SSSR count). The van der Waals surface area contributed by atoms with Crippen LogP contribution in [-0.4, -0.2) is 12.3 Å². The van der Waals surface area contributed by atoms with Crippen LogP contribution in [0.5, 0.6) is 0 Å². The lowest BCUT2D eigenvalue weighted by Crippen LogP contribution is -2.39. The van der Waals surface area contributed by atoms with Gasteiger partial charge < -0.3 is 4.90 Å². The molecule has 0 aliphatic carbocycles. The molecule has 0 unspecified atom stereocenters. The molecule has 0 N–H and O–H groups in total. The lowest BCUT2D eigenvalue weighted by Gasteiger charge is -2.37. The monoisotopic (exact) mass is 251 g/mol. The second-order valence-electron chi connectivity index (χ2n) is 4.99. The minimum Gasteiger partial charge on any atom is -0.357 e. The molecule has 0 fully saturated rings. The summed E-state index contributed by atoms with van der Waals surface area (Å²) < 4.78 is 0. The highest BCUT2D eigenvalue weighted by Gasteiger charge is 2.30. The maximum absolute atomic E-state index is 12.1. The first kappa shape index (κ1) is 12.0. The zero-order valence-electron chi connectivity index (χ0n) is 11.0. The van der Waals surface area contributed by atoms with E-state index in [0.29, 0.717) is 0 Å². The van der Waals surface area contributed by atoms with E-state index in [2.05, 4.69) is 29.2 Å². The summed E-state index contributed by atoms with van der Waals surface area (Å²) in [6, 6.07) is 18.3.